The number of hydrogen-bond donors (Lipinski definition) is 0. The van der Waals surface area contributed by atoms with Crippen LogP contribution in [0.1, 0.15) is 45.2 Å². The summed E-state index contributed by atoms with van der Waals surface area (Å²) in [5.74, 6) is 1.60. The number of ether oxygens (including phenoxy) is 1. The van der Waals surface area contributed by atoms with E-state index in [1.54, 1.807) is 0 Å². The van der Waals surface area contributed by atoms with Gasteiger partial charge in [-0.15, -0.1) is 0 Å². The predicted octanol–water partition coefficient (Wildman–Crippen LogP) is 14.4. The number of nitrogens with zero attached hydrogens (tertiary/aromatic N) is 5. The molecule has 64 heavy (non-hydrogen) atoms. The van der Waals surface area contributed by atoms with Gasteiger partial charge in [0.15, 0.2) is 12.2 Å². The molecule has 6 nitrogen and oxygen atoms in total. The molecule has 0 amide bonds. The summed E-state index contributed by atoms with van der Waals surface area (Å²) in [6, 6.07) is 63.3. The summed E-state index contributed by atoms with van der Waals surface area (Å²) < 4.78 is 14.0. The Balaban J connectivity index is 0.969. The Kier molecular flexibility index (Phi) is 8.83. The highest BCUT2D eigenvalue weighted by Gasteiger charge is 2.47. The Morgan fingerprint density at radius 1 is 0.516 bits per heavy atom. The second-order valence-corrected chi connectivity index (χ2v) is 17.1. The lowest BCUT2D eigenvalue weighted by Gasteiger charge is -2.39. The smallest absolute Gasteiger partial charge is 0.213 e. The monoisotopic (exact) mass is 828 g/mol. The van der Waals surface area contributed by atoms with Crippen molar-refractivity contribution >= 4 is 43.9 Å². The van der Waals surface area contributed by atoms with Crippen LogP contribution in [-0.2, 0) is 5.41 Å². The van der Waals surface area contributed by atoms with Crippen molar-refractivity contribution in [2.45, 2.75) is 45.1 Å². The van der Waals surface area contributed by atoms with Crippen LogP contribution in [0.15, 0.2) is 195 Å². The lowest BCUT2D eigenvalue weighted by Crippen LogP contribution is -2.54. The molecule has 0 bridgehead atoms. The second-order valence-electron chi connectivity index (χ2n) is 17.1. The molecular weight excluding hydrogens is 783 g/mol. The molecule has 0 aliphatic carbocycles. The number of benzene rings is 6. The van der Waals surface area contributed by atoms with Gasteiger partial charge in [0.25, 0.3) is 0 Å². The first-order valence-corrected chi connectivity index (χ1v) is 22.4. The number of rotatable bonds is 8. The molecule has 0 radical (unpaired) electrons. The van der Waals surface area contributed by atoms with Gasteiger partial charge < -0.3 is 13.9 Å². The van der Waals surface area contributed by atoms with Crippen molar-refractivity contribution in [3.8, 4) is 56.4 Å². The molecule has 11 aromatic rings. The van der Waals surface area contributed by atoms with Crippen molar-refractivity contribution in [1.82, 2.24) is 19.1 Å². The van der Waals surface area contributed by atoms with Crippen LogP contribution in [0.25, 0.3) is 88.8 Å². The summed E-state index contributed by atoms with van der Waals surface area (Å²) in [6.45, 7) is 7.03. The van der Waals surface area contributed by atoms with Gasteiger partial charge in [0.1, 0.15) is 11.5 Å². The van der Waals surface area contributed by atoms with E-state index in [0.29, 0.717) is 6.04 Å². The average molecular weight is 829 g/mol. The molecule has 6 heteroatoms. The van der Waals surface area contributed by atoms with Crippen LogP contribution in [0.5, 0.6) is 11.5 Å². The largest absolute Gasteiger partial charge is 0.457 e. The molecule has 0 fully saturated rings. The SMILES string of the molecule is CCC1(CC)c2ccc(Oc3cc(-c4ccc(-n5c6ccccc6c6ncccc65)cc4)cc(-c4ccc(-n5c6ccccc6c6ncccc65)cc4)c3)cc2-c2cccc[n+]2[C@H]1C. The summed E-state index contributed by atoms with van der Waals surface area (Å²) in [5, 5.41) is 2.29. The van der Waals surface area contributed by atoms with E-state index in [1.807, 2.05) is 24.5 Å². The third kappa shape index (κ3) is 5.82. The highest BCUT2D eigenvalue weighted by atomic mass is 16.5. The fourth-order valence-electron chi connectivity index (χ4n) is 10.8. The van der Waals surface area contributed by atoms with Gasteiger partial charge in [0, 0.05) is 46.7 Å². The Hall–Kier alpha value is -7.83. The number of fused-ring (bicyclic) bond motifs is 9. The summed E-state index contributed by atoms with van der Waals surface area (Å²) in [4.78, 5) is 9.53. The topological polar surface area (TPSA) is 48.8 Å². The minimum absolute atomic E-state index is 0.0315. The quantitative estimate of drug-likeness (QED) is 0.143. The Morgan fingerprint density at radius 3 is 1.61 bits per heavy atom. The van der Waals surface area contributed by atoms with Crippen LogP contribution in [0.2, 0.25) is 0 Å². The zero-order valence-corrected chi connectivity index (χ0v) is 36.1. The van der Waals surface area contributed by atoms with Crippen LogP contribution in [-0.4, -0.2) is 19.1 Å². The summed E-state index contributed by atoms with van der Waals surface area (Å²) in [5.41, 5.74) is 16.9. The minimum Gasteiger partial charge on any atom is -0.457 e. The van der Waals surface area contributed by atoms with E-state index < -0.39 is 0 Å². The maximum atomic E-state index is 6.97. The molecule has 1 aliphatic heterocycles. The van der Waals surface area contributed by atoms with Gasteiger partial charge >= 0.3 is 0 Å². The lowest BCUT2D eigenvalue weighted by atomic mass is 9.66. The predicted molar refractivity (Wildman–Crippen MR) is 261 cm³/mol. The Morgan fingerprint density at radius 2 is 1.05 bits per heavy atom. The Labute approximate surface area is 372 Å². The van der Waals surface area contributed by atoms with Crippen molar-refractivity contribution in [3.05, 3.63) is 200 Å². The van der Waals surface area contributed by atoms with Gasteiger partial charge in [-0.1, -0.05) is 80.6 Å². The van der Waals surface area contributed by atoms with Gasteiger partial charge in [-0.3, -0.25) is 9.97 Å². The minimum atomic E-state index is 0.0315. The van der Waals surface area contributed by atoms with E-state index in [1.165, 1.54) is 16.8 Å². The maximum Gasteiger partial charge on any atom is 0.213 e. The normalized spacial score (nSPS) is 14.3. The molecule has 0 saturated carbocycles. The van der Waals surface area contributed by atoms with Gasteiger partial charge in [-0.2, -0.15) is 4.57 Å². The Bertz CT molecular complexity index is 3300. The van der Waals surface area contributed by atoms with Gasteiger partial charge in [-0.05, 0) is 145 Å². The van der Waals surface area contributed by atoms with E-state index in [4.69, 9.17) is 14.7 Å². The van der Waals surface area contributed by atoms with Crippen molar-refractivity contribution in [2.75, 3.05) is 0 Å². The third-order valence-corrected chi connectivity index (χ3v) is 14.1. The van der Waals surface area contributed by atoms with E-state index in [0.717, 1.165) is 102 Å². The van der Waals surface area contributed by atoms with Crippen molar-refractivity contribution in [1.29, 1.82) is 0 Å². The fraction of sp³-hybridized carbons (Fsp3) is 0.121. The zero-order valence-electron chi connectivity index (χ0n) is 36.1. The van der Waals surface area contributed by atoms with Crippen LogP contribution >= 0.6 is 0 Å². The van der Waals surface area contributed by atoms with Crippen molar-refractivity contribution in [3.63, 3.8) is 0 Å². The number of para-hydroxylation sites is 2. The van der Waals surface area contributed by atoms with E-state index in [2.05, 4.69) is 204 Å². The summed E-state index contributed by atoms with van der Waals surface area (Å²) in [6.07, 6.45) is 8.10. The molecule has 0 N–H and O–H groups in total. The number of pyridine rings is 3. The molecule has 12 rings (SSSR count). The van der Waals surface area contributed by atoms with Crippen molar-refractivity contribution in [2.24, 2.45) is 0 Å². The molecule has 6 aromatic carbocycles. The van der Waals surface area contributed by atoms with Crippen LogP contribution in [0, 0.1) is 0 Å². The van der Waals surface area contributed by atoms with Crippen LogP contribution < -0.4 is 9.30 Å². The number of hydrogen-bond acceptors (Lipinski definition) is 3. The second kappa shape index (κ2) is 14.9. The van der Waals surface area contributed by atoms with Gasteiger partial charge in [-0.25, -0.2) is 0 Å². The highest BCUT2D eigenvalue weighted by molar-refractivity contribution is 6.08. The molecule has 0 spiro atoms. The van der Waals surface area contributed by atoms with Gasteiger partial charge in [0.05, 0.1) is 44.1 Å². The lowest BCUT2D eigenvalue weighted by molar-refractivity contribution is -0.721. The highest BCUT2D eigenvalue weighted by Crippen LogP contribution is 2.48. The molecule has 0 saturated heterocycles. The first-order valence-electron chi connectivity index (χ1n) is 22.4. The molecule has 1 atom stereocenters. The van der Waals surface area contributed by atoms with Gasteiger partial charge in [0.2, 0.25) is 5.69 Å². The standard InChI is InChI=1S/C58H46N5O/c1-4-58(5-2)38(3)61-33-11-10-16-51(61)49-37-45(29-30-50(49)58)64-46-35-41(39-21-25-43(26-22-39)62-52-17-8-6-14-47(52)56-54(62)19-12-31-59-56)34-42(36-46)40-23-27-44(28-24-40)63-53-18-9-7-15-48(53)57-55(63)20-13-32-60-57/h6-38H,4-5H2,1-3H3/q+1/t38-/m0/s1. The average Bonchev–Trinajstić information content (AvgIpc) is 3.88. The van der Waals surface area contributed by atoms with E-state index >= 15 is 0 Å². The summed E-state index contributed by atoms with van der Waals surface area (Å²) in [7, 11) is 0. The van der Waals surface area contributed by atoms with E-state index in [9.17, 15) is 0 Å². The maximum absolute atomic E-state index is 6.97. The van der Waals surface area contributed by atoms with Crippen molar-refractivity contribution < 1.29 is 9.30 Å². The molecule has 5 aromatic heterocycles. The third-order valence-electron chi connectivity index (χ3n) is 14.1. The first-order chi connectivity index (χ1) is 31.5. The molecular formula is C58H46N5O+. The fourth-order valence-corrected chi connectivity index (χ4v) is 10.8. The molecule has 1 aliphatic rings. The molecule has 0 unspecified atom stereocenters. The van der Waals surface area contributed by atoms with Crippen LogP contribution in [0.4, 0.5) is 0 Å². The number of aromatic nitrogens is 5. The molecule has 308 valence electrons. The summed E-state index contributed by atoms with van der Waals surface area (Å²) >= 11 is 0. The van der Waals surface area contributed by atoms with Crippen LogP contribution in [0.3, 0.4) is 0 Å². The molecule has 6 heterocycles. The van der Waals surface area contributed by atoms with E-state index in [-0.39, 0.29) is 5.41 Å². The first kappa shape index (κ1) is 37.9. The zero-order chi connectivity index (χ0) is 42.9.